The molecule has 0 fully saturated rings. The van der Waals surface area contributed by atoms with Crippen LogP contribution in [0.1, 0.15) is 43.2 Å². The second-order valence-electron chi connectivity index (χ2n) is 6.41. The van der Waals surface area contributed by atoms with Crippen LogP contribution in [-0.4, -0.2) is 24.8 Å². The Labute approximate surface area is 161 Å². The molecule has 0 bridgehead atoms. The van der Waals surface area contributed by atoms with Crippen molar-refractivity contribution in [1.29, 1.82) is 0 Å². The van der Waals surface area contributed by atoms with Gasteiger partial charge in [-0.1, -0.05) is 36.4 Å². The van der Waals surface area contributed by atoms with Crippen LogP contribution in [0, 0.1) is 0 Å². The van der Waals surface area contributed by atoms with Crippen molar-refractivity contribution in [2.45, 2.75) is 38.5 Å². The number of hydrogen-bond acceptors (Lipinski definition) is 3. The minimum absolute atomic E-state index is 0.213. The summed E-state index contributed by atoms with van der Waals surface area (Å²) in [4.78, 5) is 10.5. The Morgan fingerprint density at radius 2 is 1.67 bits per heavy atom. The van der Waals surface area contributed by atoms with Gasteiger partial charge in [-0.2, -0.15) is 0 Å². The number of carbonyl (C=O) groups is 1. The number of carboxylic acids is 1. The van der Waals surface area contributed by atoms with Gasteiger partial charge in [-0.15, -0.1) is 0 Å². The molecule has 2 rings (SSSR count). The number of aryl methyl sites for hydroxylation is 1. The van der Waals surface area contributed by atoms with E-state index in [0.717, 1.165) is 42.7 Å². The van der Waals surface area contributed by atoms with Crippen LogP contribution < -0.4 is 9.47 Å². The van der Waals surface area contributed by atoms with Gasteiger partial charge in [0.15, 0.2) is 0 Å². The maximum atomic E-state index is 10.5. The molecule has 0 aliphatic carbocycles. The molecule has 4 nitrogen and oxygen atoms in total. The highest BCUT2D eigenvalue weighted by atomic mass is 16.5. The molecule has 4 heteroatoms. The van der Waals surface area contributed by atoms with Crippen molar-refractivity contribution in [3.8, 4) is 11.5 Å². The summed E-state index contributed by atoms with van der Waals surface area (Å²) in [6.07, 6.45) is 9.10. The number of ether oxygens (including phenoxy) is 2. The quantitative estimate of drug-likeness (QED) is 0.512. The molecule has 0 amide bonds. The van der Waals surface area contributed by atoms with Gasteiger partial charge >= 0.3 is 5.97 Å². The Bertz CT molecular complexity index is 702. The standard InChI is InChI=1S/C23H28O4/c1-26-21-14-10-19(11-15-21)7-4-2-3-5-18-27-22-16-12-20(13-17-22)8-6-9-23(24)25/h4,7,10-17H,2-3,5-6,8-9,18H2,1H3,(H,24,25)/b7-4+. The molecule has 0 saturated heterocycles. The minimum atomic E-state index is -0.742. The highest BCUT2D eigenvalue weighted by Gasteiger charge is 1.99. The molecule has 0 saturated carbocycles. The molecule has 2 aromatic carbocycles. The van der Waals surface area contributed by atoms with Crippen molar-refractivity contribution in [3.05, 3.63) is 65.7 Å². The smallest absolute Gasteiger partial charge is 0.303 e. The molecule has 0 heterocycles. The van der Waals surface area contributed by atoms with Crippen molar-refractivity contribution < 1.29 is 19.4 Å². The Morgan fingerprint density at radius 3 is 2.33 bits per heavy atom. The summed E-state index contributed by atoms with van der Waals surface area (Å²) in [5.41, 5.74) is 2.32. The van der Waals surface area contributed by atoms with Crippen LogP contribution in [0.2, 0.25) is 0 Å². The van der Waals surface area contributed by atoms with E-state index in [-0.39, 0.29) is 6.42 Å². The lowest BCUT2D eigenvalue weighted by molar-refractivity contribution is -0.137. The monoisotopic (exact) mass is 368 g/mol. The van der Waals surface area contributed by atoms with E-state index in [2.05, 4.69) is 12.2 Å². The Hall–Kier alpha value is -2.75. The number of unbranched alkanes of at least 4 members (excludes halogenated alkanes) is 2. The fraction of sp³-hybridized carbons (Fsp3) is 0.348. The molecule has 0 aromatic heterocycles. The van der Waals surface area contributed by atoms with Crippen LogP contribution in [0.5, 0.6) is 11.5 Å². The maximum Gasteiger partial charge on any atom is 0.303 e. The molecule has 0 aliphatic heterocycles. The van der Waals surface area contributed by atoms with E-state index in [0.29, 0.717) is 13.0 Å². The van der Waals surface area contributed by atoms with Gasteiger partial charge in [0.25, 0.3) is 0 Å². The Morgan fingerprint density at radius 1 is 0.963 bits per heavy atom. The normalized spacial score (nSPS) is 10.9. The topological polar surface area (TPSA) is 55.8 Å². The number of methoxy groups -OCH3 is 1. The maximum absolute atomic E-state index is 10.5. The van der Waals surface area contributed by atoms with Gasteiger partial charge in [-0.05, 0) is 67.5 Å². The first-order chi connectivity index (χ1) is 13.2. The Balaban J connectivity index is 1.58. The molecular formula is C23H28O4. The number of carboxylic acid groups (broad SMARTS) is 1. The third-order valence-corrected chi connectivity index (χ3v) is 4.24. The number of allylic oxidation sites excluding steroid dienone is 1. The third kappa shape index (κ3) is 8.45. The first-order valence-corrected chi connectivity index (χ1v) is 9.41. The first kappa shape index (κ1) is 20.6. The SMILES string of the molecule is COc1ccc(/C=C/CCCCOc2ccc(CCCC(=O)O)cc2)cc1. The highest BCUT2D eigenvalue weighted by molar-refractivity contribution is 5.66. The van der Waals surface area contributed by atoms with E-state index in [1.807, 2.05) is 48.5 Å². The molecule has 0 spiro atoms. The zero-order chi connectivity index (χ0) is 19.3. The summed E-state index contributed by atoms with van der Waals surface area (Å²) in [7, 11) is 1.67. The van der Waals surface area contributed by atoms with Gasteiger partial charge in [0.2, 0.25) is 0 Å². The number of hydrogen-bond donors (Lipinski definition) is 1. The van der Waals surface area contributed by atoms with Crippen LogP contribution in [0.3, 0.4) is 0 Å². The van der Waals surface area contributed by atoms with Gasteiger partial charge in [0, 0.05) is 6.42 Å². The van der Waals surface area contributed by atoms with Crippen LogP contribution in [-0.2, 0) is 11.2 Å². The predicted molar refractivity (Wildman–Crippen MR) is 108 cm³/mol. The molecule has 0 unspecified atom stereocenters. The number of rotatable bonds is 12. The van der Waals surface area contributed by atoms with Crippen LogP contribution in [0.15, 0.2) is 54.6 Å². The van der Waals surface area contributed by atoms with Crippen LogP contribution >= 0.6 is 0 Å². The summed E-state index contributed by atoms with van der Waals surface area (Å²) in [6, 6.07) is 16.0. The van der Waals surface area contributed by atoms with Gasteiger partial charge < -0.3 is 14.6 Å². The molecule has 27 heavy (non-hydrogen) atoms. The summed E-state index contributed by atoms with van der Waals surface area (Å²) >= 11 is 0. The van der Waals surface area contributed by atoms with E-state index in [4.69, 9.17) is 14.6 Å². The molecule has 1 N–H and O–H groups in total. The van der Waals surface area contributed by atoms with Gasteiger partial charge in [-0.25, -0.2) is 0 Å². The lowest BCUT2D eigenvalue weighted by Gasteiger charge is -2.07. The second kappa shape index (κ2) is 11.8. The van der Waals surface area contributed by atoms with Crippen molar-refractivity contribution >= 4 is 12.0 Å². The Kier molecular flexibility index (Phi) is 8.98. The van der Waals surface area contributed by atoms with Gasteiger partial charge in [-0.3, -0.25) is 4.79 Å². The molecular weight excluding hydrogens is 340 g/mol. The van der Waals surface area contributed by atoms with Crippen LogP contribution in [0.4, 0.5) is 0 Å². The summed E-state index contributed by atoms with van der Waals surface area (Å²) in [5.74, 6) is 0.997. The molecule has 144 valence electrons. The van der Waals surface area contributed by atoms with E-state index in [1.165, 1.54) is 5.56 Å². The molecule has 0 aliphatic rings. The van der Waals surface area contributed by atoms with Gasteiger partial charge in [0.1, 0.15) is 11.5 Å². The fourth-order valence-corrected chi connectivity index (χ4v) is 2.68. The van der Waals surface area contributed by atoms with E-state index in [1.54, 1.807) is 7.11 Å². The molecule has 0 radical (unpaired) electrons. The number of benzene rings is 2. The molecule has 2 aromatic rings. The summed E-state index contributed by atoms with van der Waals surface area (Å²) < 4.78 is 10.9. The summed E-state index contributed by atoms with van der Waals surface area (Å²) in [5, 5.41) is 8.66. The number of aliphatic carboxylic acids is 1. The largest absolute Gasteiger partial charge is 0.497 e. The second-order valence-corrected chi connectivity index (χ2v) is 6.41. The van der Waals surface area contributed by atoms with Crippen molar-refractivity contribution in [2.24, 2.45) is 0 Å². The van der Waals surface area contributed by atoms with E-state index < -0.39 is 5.97 Å². The zero-order valence-corrected chi connectivity index (χ0v) is 15.9. The zero-order valence-electron chi connectivity index (χ0n) is 15.9. The average molecular weight is 368 g/mol. The van der Waals surface area contributed by atoms with Crippen molar-refractivity contribution in [3.63, 3.8) is 0 Å². The molecule has 0 atom stereocenters. The lowest BCUT2D eigenvalue weighted by atomic mass is 10.1. The van der Waals surface area contributed by atoms with Gasteiger partial charge in [0.05, 0.1) is 13.7 Å². The predicted octanol–water partition coefficient (Wildman–Crippen LogP) is 5.37. The van der Waals surface area contributed by atoms with Crippen molar-refractivity contribution in [2.75, 3.05) is 13.7 Å². The lowest BCUT2D eigenvalue weighted by Crippen LogP contribution is -1.98. The highest BCUT2D eigenvalue weighted by Crippen LogP contribution is 2.15. The van der Waals surface area contributed by atoms with E-state index >= 15 is 0 Å². The minimum Gasteiger partial charge on any atom is -0.497 e. The van der Waals surface area contributed by atoms with E-state index in [9.17, 15) is 4.79 Å². The average Bonchev–Trinajstić information content (AvgIpc) is 2.68. The van der Waals surface area contributed by atoms with Crippen molar-refractivity contribution in [1.82, 2.24) is 0 Å². The summed E-state index contributed by atoms with van der Waals surface area (Å²) in [6.45, 7) is 0.703. The first-order valence-electron chi connectivity index (χ1n) is 9.41. The third-order valence-electron chi connectivity index (χ3n) is 4.24. The fourth-order valence-electron chi connectivity index (χ4n) is 2.68. The van der Waals surface area contributed by atoms with Crippen LogP contribution in [0.25, 0.3) is 6.08 Å².